The number of nitrogens with zero attached hydrogens (tertiary/aromatic N) is 1. The van der Waals surface area contributed by atoms with Crippen LogP contribution in [0, 0.1) is 0 Å². The summed E-state index contributed by atoms with van der Waals surface area (Å²) < 4.78 is 26.4. The lowest BCUT2D eigenvalue weighted by Gasteiger charge is -2.08. The molecule has 1 amide bonds. The van der Waals surface area contributed by atoms with Crippen molar-refractivity contribution in [1.29, 1.82) is 0 Å². The van der Waals surface area contributed by atoms with Crippen molar-refractivity contribution in [2.24, 2.45) is 4.99 Å². The van der Waals surface area contributed by atoms with Crippen molar-refractivity contribution in [3.05, 3.63) is 115 Å². The molecular formula is C40H44N2O9. The van der Waals surface area contributed by atoms with Gasteiger partial charge in [-0.05, 0) is 110 Å². The van der Waals surface area contributed by atoms with Crippen LogP contribution >= 0.6 is 0 Å². The number of nitrogens with one attached hydrogen (secondary N) is 1. The third-order valence-electron chi connectivity index (χ3n) is 7.15. The van der Waals surface area contributed by atoms with E-state index in [9.17, 15) is 19.2 Å². The van der Waals surface area contributed by atoms with Crippen molar-refractivity contribution in [2.75, 3.05) is 38.9 Å². The molecule has 3 aromatic rings. The monoisotopic (exact) mass is 696 g/mol. The van der Waals surface area contributed by atoms with E-state index in [1.807, 2.05) is 48.5 Å². The third kappa shape index (κ3) is 15.4. The first-order valence-electron chi connectivity index (χ1n) is 16.6. The van der Waals surface area contributed by atoms with Gasteiger partial charge in [0.05, 0.1) is 44.8 Å². The zero-order chi connectivity index (χ0) is 36.7. The van der Waals surface area contributed by atoms with Crippen molar-refractivity contribution in [3.8, 4) is 11.5 Å². The first-order chi connectivity index (χ1) is 24.8. The number of methoxy groups -OCH3 is 1. The summed E-state index contributed by atoms with van der Waals surface area (Å²) >= 11 is 0. The fourth-order valence-electron chi connectivity index (χ4n) is 4.43. The Morgan fingerprint density at radius 3 is 1.75 bits per heavy atom. The number of amides is 1. The minimum absolute atomic E-state index is 0.196. The highest BCUT2D eigenvalue weighted by Crippen LogP contribution is 2.25. The molecule has 0 radical (unpaired) electrons. The van der Waals surface area contributed by atoms with Crippen LogP contribution in [0.1, 0.15) is 60.0 Å². The van der Waals surface area contributed by atoms with Gasteiger partial charge in [0.2, 0.25) is 5.91 Å². The van der Waals surface area contributed by atoms with Crippen LogP contribution in [0.4, 0.5) is 11.4 Å². The number of ether oxygens (including phenoxy) is 5. The molecule has 0 heterocycles. The summed E-state index contributed by atoms with van der Waals surface area (Å²) in [6.07, 6.45) is 11.9. The largest absolute Gasteiger partial charge is 0.494 e. The zero-order valence-corrected chi connectivity index (χ0v) is 28.8. The molecule has 0 spiro atoms. The second kappa shape index (κ2) is 22.6. The van der Waals surface area contributed by atoms with E-state index in [1.54, 1.807) is 24.4 Å². The fourth-order valence-corrected chi connectivity index (χ4v) is 4.43. The number of carbonyl (C=O) groups excluding carboxylic acids is 4. The molecule has 51 heavy (non-hydrogen) atoms. The smallest absolute Gasteiger partial charge is 0.340 e. The zero-order valence-electron chi connectivity index (χ0n) is 28.8. The van der Waals surface area contributed by atoms with Crippen molar-refractivity contribution < 1.29 is 42.9 Å². The summed E-state index contributed by atoms with van der Waals surface area (Å²) in [7, 11) is 1.28. The van der Waals surface area contributed by atoms with Crippen LogP contribution in [0.5, 0.6) is 11.5 Å². The Bertz CT molecular complexity index is 1660. The van der Waals surface area contributed by atoms with E-state index in [-0.39, 0.29) is 11.5 Å². The van der Waals surface area contributed by atoms with Gasteiger partial charge in [0, 0.05) is 30.1 Å². The predicted octanol–water partition coefficient (Wildman–Crippen LogP) is 7.43. The molecule has 268 valence electrons. The standard InChI is InChI=1S/C40H44N2O9/c1-4-38(44)50-26-10-6-8-24-48-33-18-12-30(13-19-33)16-23-37(43)42-32-17-22-36(35(28-32)40(46)47-3)41-29-31-14-20-34(21-15-31)49-25-9-7-11-27-51-39(45)5-2/h4-5,12-23,28-29H,1-2,6-11,24-27H2,3H3,(H,42,43)/b23-16+,41-29?. The lowest BCUT2D eigenvalue weighted by molar-refractivity contribution is -0.138. The SMILES string of the molecule is C=CC(=O)OCCCCCOc1ccc(C=Nc2ccc(NC(=O)/C=C/c3ccc(OCCCCCOC(=O)C=C)cc3)cc2C(=O)OC)cc1. The van der Waals surface area contributed by atoms with Gasteiger partial charge in [0.25, 0.3) is 0 Å². The van der Waals surface area contributed by atoms with Gasteiger partial charge >= 0.3 is 17.9 Å². The highest BCUT2D eigenvalue weighted by atomic mass is 16.5. The summed E-state index contributed by atoms with van der Waals surface area (Å²) in [5.74, 6) is -0.374. The molecule has 0 bridgehead atoms. The summed E-state index contributed by atoms with van der Waals surface area (Å²) in [6, 6.07) is 19.5. The Labute approximate surface area is 298 Å². The second-order valence-corrected chi connectivity index (χ2v) is 11.0. The molecule has 0 unspecified atom stereocenters. The molecule has 0 saturated heterocycles. The number of hydrogen-bond acceptors (Lipinski definition) is 10. The minimum Gasteiger partial charge on any atom is -0.494 e. The molecule has 0 aliphatic rings. The Balaban J connectivity index is 1.46. The molecular weight excluding hydrogens is 652 g/mol. The third-order valence-corrected chi connectivity index (χ3v) is 7.15. The minimum atomic E-state index is -0.590. The number of carbonyl (C=O) groups is 4. The molecule has 1 N–H and O–H groups in total. The molecule has 3 rings (SSSR count). The summed E-state index contributed by atoms with van der Waals surface area (Å²) in [4.78, 5) is 51.8. The molecule has 0 aromatic heterocycles. The Kier molecular flexibility index (Phi) is 17.5. The average molecular weight is 697 g/mol. The van der Waals surface area contributed by atoms with Gasteiger partial charge in [-0.2, -0.15) is 0 Å². The van der Waals surface area contributed by atoms with Crippen LogP contribution in [0.2, 0.25) is 0 Å². The number of hydrogen-bond donors (Lipinski definition) is 1. The Hall–Kier alpha value is -5.97. The van der Waals surface area contributed by atoms with Crippen molar-refractivity contribution in [2.45, 2.75) is 38.5 Å². The molecule has 0 aliphatic heterocycles. The number of anilines is 1. The molecule has 0 atom stereocenters. The maximum atomic E-state index is 12.7. The predicted molar refractivity (Wildman–Crippen MR) is 197 cm³/mol. The number of aliphatic imine (C=N–C) groups is 1. The van der Waals surface area contributed by atoms with E-state index in [0.717, 1.165) is 61.8 Å². The van der Waals surface area contributed by atoms with Crippen molar-refractivity contribution >= 4 is 47.5 Å². The molecule has 0 aliphatic carbocycles. The van der Waals surface area contributed by atoms with Gasteiger partial charge in [-0.25, -0.2) is 14.4 Å². The van der Waals surface area contributed by atoms with Gasteiger partial charge in [-0.15, -0.1) is 0 Å². The first kappa shape index (κ1) is 39.5. The maximum absolute atomic E-state index is 12.7. The Morgan fingerprint density at radius 1 is 0.686 bits per heavy atom. The number of rotatable bonds is 22. The molecule has 11 heteroatoms. The van der Waals surface area contributed by atoms with Crippen molar-refractivity contribution in [1.82, 2.24) is 0 Å². The van der Waals surface area contributed by atoms with Gasteiger partial charge in [0.15, 0.2) is 0 Å². The summed E-state index contributed by atoms with van der Waals surface area (Å²) in [5, 5.41) is 2.77. The van der Waals surface area contributed by atoms with Gasteiger partial charge in [0.1, 0.15) is 11.5 Å². The van der Waals surface area contributed by atoms with Gasteiger partial charge in [-0.1, -0.05) is 25.3 Å². The summed E-state index contributed by atoms with van der Waals surface area (Å²) in [6.45, 7) is 8.53. The highest BCUT2D eigenvalue weighted by Gasteiger charge is 2.13. The van der Waals surface area contributed by atoms with E-state index >= 15 is 0 Å². The normalized spacial score (nSPS) is 10.8. The summed E-state index contributed by atoms with van der Waals surface area (Å²) in [5.41, 5.74) is 2.59. The van der Waals surface area contributed by atoms with Crippen LogP contribution in [0.3, 0.4) is 0 Å². The van der Waals surface area contributed by atoms with E-state index < -0.39 is 17.9 Å². The quantitative estimate of drug-likeness (QED) is 0.0374. The number of benzene rings is 3. The van der Waals surface area contributed by atoms with Crippen molar-refractivity contribution in [3.63, 3.8) is 0 Å². The molecule has 3 aromatic carbocycles. The van der Waals surface area contributed by atoms with Crippen LogP contribution < -0.4 is 14.8 Å². The first-order valence-corrected chi connectivity index (χ1v) is 16.6. The van der Waals surface area contributed by atoms with Gasteiger partial charge in [-0.3, -0.25) is 9.79 Å². The van der Waals surface area contributed by atoms with Gasteiger partial charge < -0.3 is 29.0 Å². The fraction of sp³-hybridized carbons (Fsp3) is 0.275. The highest BCUT2D eigenvalue weighted by molar-refractivity contribution is 6.04. The van der Waals surface area contributed by atoms with E-state index in [2.05, 4.69) is 23.5 Å². The van der Waals surface area contributed by atoms with E-state index in [1.165, 1.54) is 19.3 Å². The molecule has 0 saturated carbocycles. The van der Waals surface area contributed by atoms with E-state index in [0.29, 0.717) is 49.3 Å². The van der Waals surface area contributed by atoms with Crippen LogP contribution in [0.15, 0.2) is 103 Å². The topological polar surface area (TPSA) is 139 Å². The molecule has 11 nitrogen and oxygen atoms in total. The average Bonchev–Trinajstić information content (AvgIpc) is 3.16. The lowest BCUT2D eigenvalue weighted by Crippen LogP contribution is -2.09. The maximum Gasteiger partial charge on any atom is 0.340 e. The van der Waals surface area contributed by atoms with E-state index in [4.69, 9.17) is 23.7 Å². The Morgan fingerprint density at radius 2 is 1.22 bits per heavy atom. The van der Waals surface area contributed by atoms with Crippen LogP contribution in [0.25, 0.3) is 6.08 Å². The van der Waals surface area contributed by atoms with Crippen LogP contribution in [-0.2, 0) is 28.6 Å². The molecule has 0 fully saturated rings. The second-order valence-electron chi connectivity index (χ2n) is 11.0. The van der Waals surface area contributed by atoms with Crippen LogP contribution in [-0.4, -0.2) is 63.6 Å². The number of esters is 3. The lowest BCUT2D eigenvalue weighted by atomic mass is 10.1. The number of unbranched alkanes of at least 4 members (excludes halogenated alkanes) is 4.